The lowest BCUT2D eigenvalue weighted by Gasteiger charge is -2.11. The molecule has 2 nitrogen and oxygen atoms in total. The third kappa shape index (κ3) is 1.63. The Morgan fingerprint density at radius 2 is 1.33 bits per heavy atom. The molecule has 0 amide bonds. The van der Waals surface area contributed by atoms with Gasteiger partial charge in [0.05, 0.1) is 11.7 Å². The summed E-state index contributed by atoms with van der Waals surface area (Å²) in [5, 5.41) is 0. The average molecular weight is 261 g/mol. The van der Waals surface area contributed by atoms with Crippen molar-refractivity contribution in [2.24, 2.45) is 0 Å². The summed E-state index contributed by atoms with van der Waals surface area (Å²) in [6.07, 6.45) is 0. The number of rotatable bonds is 2. The Bertz CT molecular complexity index is 464. The molecule has 80 valence electrons. The predicted octanol–water partition coefficient (Wildman–Crippen LogP) is 3.79. The zero-order valence-corrected chi connectivity index (χ0v) is 10.8. The van der Waals surface area contributed by atoms with Crippen LogP contribution in [0.5, 0.6) is 0 Å². The fraction of sp³-hybridized carbons (Fsp3) is 0.400. The van der Waals surface area contributed by atoms with E-state index in [9.17, 15) is 0 Å². The number of nitrogens with zero attached hydrogens (tertiary/aromatic N) is 2. The standard InChI is InChI=1S/C10H10Cl2N2S/c1-5-6(2)8(4-12)10-9(7(5)3-11)13-15-14-10/h3-4H2,1-2H3. The van der Waals surface area contributed by atoms with Crippen molar-refractivity contribution >= 4 is 46.0 Å². The number of hydrogen-bond acceptors (Lipinski definition) is 3. The molecule has 0 unspecified atom stereocenters. The molecule has 1 aromatic heterocycles. The Hall–Kier alpha value is -0.380. The van der Waals surface area contributed by atoms with Gasteiger partial charge in [0.15, 0.2) is 0 Å². The molecule has 0 saturated heterocycles. The lowest BCUT2D eigenvalue weighted by molar-refractivity contribution is 1.21. The van der Waals surface area contributed by atoms with E-state index >= 15 is 0 Å². The summed E-state index contributed by atoms with van der Waals surface area (Å²) in [4.78, 5) is 0. The highest BCUT2D eigenvalue weighted by Gasteiger charge is 2.15. The molecule has 0 aliphatic heterocycles. The van der Waals surface area contributed by atoms with Crippen LogP contribution in [-0.2, 0) is 11.8 Å². The molecule has 0 saturated carbocycles. The molecule has 0 spiro atoms. The SMILES string of the molecule is Cc1c(C)c(CCl)c2nsnc2c1CCl. The van der Waals surface area contributed by atoms with Gasteiger partial charge in [-0.05, 0) is 36.1 Å². The summed E-state index contributed by atoms with van der Waals surface area (Å²) in [6.45, 7) is 4.11. The van der Waals surface area contributed by atoms with Crippen molar-refractivity contribution in [3.8, 4) is 0 Å². The molecule has 0 bridgehead atoms. The molecule has 0 aliphatic rings. The number of benzene rings is 1. The lowest BCUT2D eigenvalue weighted by Crippen LogP contribution is -1.97. The Morgan fingerprint density at radius 3 is 1.67 bits per heavy atom. The van der Waals surface area contributed by atoms with Crippen LogP contribution in [0.2, 0.25) is 0 Å². The van der Waals surface area contributed by atoms with Crippen LogP contribution >= 0.6 is 34.9 Å². The predicted molar refractivity (Wildman–Crippen MR) is 66.0 cm³/mol. The van der Waals surface area contributed by atoms with E-state index in [4.69, 9.17) is 23.2 Å². The normalized spacial score (nSPS) is 11.2. The number of alkyl halides is 2. The highest BCUT2D eigenvalue weighted by molar-refractivity contribution is 7.00. The second-order valence-corrected chi connectivity index (χ2v) is 4.50. The maximum absolute atomic E-state index is 5.94. The molecule has 0 N–H and O–H groups in total. The molecule has 0 aliphatic carbocycles. The van der Waals surface area contributed by atoms with Crippen LogP contribution in [-0.4, -0.2) is 8.75 Å². The molecule has 0 radical (unpaired) electrons. The van der Waals surface area contributed by atoms with Crippen LogP contribution in [0.15, 0.2) is 0 Å². The van der Waals surface area contributed by atoms with E-state index in [1.54, 1.807) is 0 Å². The van der Waals surface area contributed by atoms with E-state index < -0.39 is 0 Å². The fourth-order valence-corrected chi connectivity index (χ4v) is 2.97. The monoisotopic (exact) mass is 260 g/mol. The van der Waals surface area contributed by atoms with Crippen molar-refractivity contribution in [2.75, 3.05) is 0 Å². The third-order valence-corrected chi connectivity index (χ3v) is 3.86. The van der Waals surface area contributed by atoms with Gasteiger partial charge in [-0.15, -0.1) is 23.2 Å². The smallest absolute Gasteiger partial charge is 0.109 e. The van der Waals surface area contributed by atoms with Gasteiger partial charge in [0.25, 0.3) is 0 Å². The summed E-state index contributed by atoms with van der Waals surface area (Å²) in [7, 11) is 0. The summed E-state index contributed by atoms with van der Waals surface area (Å²) < 4.78 is 8.58. The molecular weight excluding hydrogens is 251 g/mol. The van der Waals surface area contributed by atoms with Gasteiger partial charge in [0.1, 0.15) is 11.0 Å². The molecule has 1 heterocycles. The van der Waals surface area contributed by atoms with Crippen LogP contribution in [0.4, 0.5) is 0 Å². The van der Waals surface area contributed by atoms with Crippen molar-refractivity contribution in [3.63, 3.8) is 0 Å². The highest BCUT2D eigenvalue weighted by atomic mass is 35.5. The summed E-state index contributed by atoms with van der Waals surface area (Å²) in [5.74, 6) is 0.939. The molecule has 0 atom stereocenters. The van der Waals surface area contributed by atoms with Gasteiger partial charge >= 0.3 is 0 Å². The molecule has 2 aromatic rings. The van der Waals surface area contributed by atoms with E-state index in [0.29, 0.717) is 11.8 Å². The Labute approximate surface area is 103 Å². The van der Waals surface area contributed by atoms with Crippen LogP contribution in [0, 0.1) is 13.8 Å². The van der Waals surface area contributed by atoms with Crippen molar-refractivity contribution in [2.45, 2.75) is 25.6 Å². The van der Waals surface area contributed by atoms with Gasteiger partial charge in [-0.3, -0.25) is 0 Å². The number of fused-ring (bicyclic) bond motifs is 1. The maximum atomic E-state index is 5.94. The van der Waals surface area contributed by atoms with Gasteiger partial charge in [-0.25, -0.2) is 0 Å². The summed E-state index contributed by atoms with van der Waals surface area (Å²) >= 11 is 13.1. The van der Waals surface area contributed by atoms with E-state index in [1.807, 2.05) is 0 Å². The second-order valence-electron chi connectivity index (χ2n) is 3.44. The van der Waals surface area contributed by atoms with E-state index in [1.165, 1.54) is 22.9 Å². The topological polar surface area (TPSA) is 25.8 Å². The number of halogens is 2. The zero-order valence-electron chi connectivity index (χ0n) is 8.47. The van der Waals surface area contributed by atoms with Crippen molar-refractivity contribution < 1.29 is 0 Å². The molecule has 5 heteroatoms. The number of hydrogen-bond donors (Lipinski definition) is 0. The maximum Gasteiger partial charge on any atom is 0.109 e. The fourth-order valence-electron chi connectivity index (χ4n) is 1.72. The van der Waals surface area contributed by atoms with Crippen LogP contribution in [0.25, 0.3) is 11.0 Å². The van der Waals surface area contributed by atoms with Crippen LogP contribution in [0.3, 0.4) is 0 Å². The summed E-state index contributed by atoms with van der Waals surface area (Å²) in [6, 6.07) is 0. The van der Waals surface area contributed by atoms with E-state index in [-0.39, 0.29) is 0 Å². The average Bonchev–Trinajstić information content (AvgIpc) is 2.69. The Kier molecular flexibility index (Phi) is 3.14. The van der Waals surface area contributed by atoms with Gasteiger partial charge in [0.2, 0.25) is 0 Å². The quantitative estimate of drug-likeness (QED) is 0.769. The first-order valence-corrected chi connectivity index (χ1v) is 6.35. The highest BCUT2D eigenvalue weighted by Crippen LogP contribution is 2.30. The van der Waals surface area contributed by atoms with E-state index in [0.717, 1.165) is 22.2 Å². The van der Waals surface area contributed by atoms with E-state index in [2.05, 4.69) is 22.6 Å². The van der Waals surface area contributed by atoms with Gasteiger partial charge in [-0.1, -0.05) is 0 Å². The summed E-state index contributed by atoms with van der Waals surface area (Å²) in [5.41, 5.74) is 6.34. The molecule has 0 fully saturated rings. The van der Waals surface area contributed by atoms with Crippen molar-refractivity contribution in [1.29, 1.82) is 0 Å². The molecule has 1 aromatic carbocycles. The zero-order chi connectivity index (χ0) is 11.0. The minimum absolute atomic E-state index is 0.469. The third-order valence-electron chi connectivity index (χ3n) is 2.80. The minimum Gasteiger partial charge on any atom is -0.173 e. The van der Waals surface area contributed by atoms with Crippen LogP contribution < -0.4 is 0 Å². The molecule has 2 rings (SSSR count). The second kappa shape index (κ2) is 4.24. The van der Waals surface area contributed by atoms with Gasteiger partial charge in [-0.2, -0.15) is 8.75 Å². The van der Waals surface area contributed by atoms with Crippen LogP contribution in [0.1, 0.15) is 22.3 Å². The Balaban J connectivity index is 2.91. The van der Waals surface area contributed by atoms with Crippen molar-refractivity contribution in [3.05, 3.63) is 22.3 Å². The molecular formula is C10H10Cl2N2S. The van der Waals surface area contributed by atoms with Gasteiger partial charge in [0, 0.05) is 11.8 Å². The lowest BCUT2D eigenvalue weighted by atomic mass is 9.97. The Morgan fingerprint density at radius 1 is 0.933 bits per heavy atom. The number of aromatic nitrogens is 2. The van der Waals surface area contributed by atoms with Crippen molar-refractivity contribution in [1.82, 2.24) is 8.75 Å². The molecule has 15 heavy (non-hydrogen) atoms. The first-order chi connectivity index (χ1) is 7.20. The van der Waals surface area contributed by atoms with Gasteiger partial charge < -0.3 is 0 Å². The largest absolute Gasteiger partial charge is 0.173 e. The first-order valence-electron chi connectivity index (χ1n) is 4.55. The first kappa shape index (κ1) is 11.1. The minimum atomic E-state index is 0.469.